The van der Waals surface area contributed by atoms with Crippen molar-refractivity contribution >= 4 is 5.69 Å². The second kappa shape index (κ2) is 5.82. The Morgan fingerprint density at radius 1 is 1.44 bits per heavy atom. The third-order valence-corrected chi connectivity index (χ3v) is 2.99. The second-order valence-corrected chi connectivity index (χ2v) is 4.49. The SMILES string of the molecule is CC(C)C(CN)C(O)Cc1cnccc1N. The van der Waals surface area contributed by atoms with Crippen molar-refractivity contribution in [3.8, 4) is 0 Å². The van der Waals surface area contributed by atoms with Crippen LogP contribution in [0.1, 0.15) is 19.4 Å². The normalized spacial score (nSPS) is 15.1. The minimum absolute atomic E-state index is 0.0969. The summed E-state index contributed by atoms with van der Waals surface area (Å²) >= 11 is 0. The van der Waals surface area contributed by atoms with E-state index in [2.05, 4.69) is 18.8 Å². The van der Waals surface area contributed by atoms with E-state index in [1.165, 1.54) is 0 Å². The molecule has 0 aliphatic rings. The summed E-state index contributed by atoms with van der Waals surface area (Å²) in [6, 6.07) is 1.74. The van der Waals surface area contributed by atoms with Crippen LogP contribution in [0.25, 0.3) is 0 Å². The fourth-order valence-electron chi connectivity index (χ4n) is 1.86. The average Bonchev–Trinajstić information content (AvgIpc) is 2.22. The molecule has 1 aromatic rings. The lowest BCUT2D eigenvalue weighted by atomic mass is 9.87. The van der Waals surface area contributed by atoms with E-state index in [9.17, 15) is 5.11 Å². The first-order valence-corrected chi connectivity index (χ1v) is 5.62. The zero-order chi connectivity index (χ0) is 12.1. The van der Waals surface area contributed by atoms with E-state index in [0.29, 0.717) is 24.6 Å². The molecule has 0 bridgehead atoms. The van der Waals surface area contributed by atoms with Crippen LogP contribution in [0.5, 0.6) is 0 Å². The van der Waals surface area contributed by atoms with E-state index in [0.717, 1.165) is 5.56 Å². The Bertz CT molecular complexity index is 328. The zero-order valence-electron chi connectivity index (χ0n) is 9.93. The fraction of sp³-hybridized carbons (Fsp3) is 0.583. The van der Waals surface area contributed by atoms with E-state index >= 15 is 0 Å². The van der Waals surface area contributed by atoms with Crippen LogP contribution in [0.2, 0.25) is 0 Å². The summed E-state index contributed by atoms with van der Waals surface area (Å²) in [5.41, 5.74) is 13.0. The molecule has 1 heterocycles. The highest BCUT2D eigenvalue weighted by atomic mass is 16.3. The lowest BCUT2D eigenvalue weighted by Crippen LogP contribution is -2.33. The molecule has 4 heteroatoms. The maximum Gasteiger partial charge on any atom is 0.0624 e. The van der Waals surface area contributed by atoms with Crippen molar-refractivity contribution in [2.75, 3.05) is 12.3 Å². The molecule has 90 valence electrons. The molecule has 0 aliphatic heterocycles. The van der Waals surface area contributed by atoms with E-state index in [1.54, 1.807) is 18.5 Å². The van der Waals surface area contributed by atoms with Crippen LogP contribution in [0.3, 0.4) is 0 Å². The molecule has 5 N–H and O–H groups in total. The van der Waals surface area contributed by atoms with Gasteiger partial charge in [-0.2, -0.15) is 0 Å². The Labute approximate surface area is 96.7 Å². The summed E-state index contributed by atoms with van der Waals surface area (Å²) in [5, 5.41) is 10.1. The Kier molecular flexibility index (Phi) is 4.71. The molecular formula is C12H21N3O. The summed E-state index contributed by atoms with van der Waals surface area (Å²) < 4.78 is 0. The molecular weight excluding hydrogens is 202 g/mol. The topological polar surface area (TPSA) is 85.2 Å². The minimum Gasteiger partial charge on any atom is -0.398 e. The molecule has 0 spiro atoms. The molecule has 2 unspecified atom stereocenters. The van der Waals surface area contributed by atoms with Gasteiger partial charge in [0.05, 0.1) is 6.10 Å². The number of aromatic nitrogens is 1. The second-order valence-electron chi connectivity index (χ2n) is 4.49. The molecule has 16 heavy (non-hydrogen) atoms. The molecule has 0 saturated heterocycles. The van der Waals surface area contributed by atoms with Gasteiger partial charge in [-0.1, -0.05) is 13.8 Å². The summed E-state index contributed by atoms with van der Waals surface area (Å²) in [6.07, 6.45) is 3.40. The highest BCUT2D eigenvalue weighted by Gasteiger charge is 2.22. The van der Waals surface area contributed by atoms with Gasteiger partial charge >= 0.3 is 0 Å². The van der Waals surface area contributed by atoms with Crippen molar-refractivity contribution in [1.29, 1.82) is 0 Å². The number of rotatable bonds is 5. The molecule has 2 atom stereocenters. The van der Waals surface area contributed by atoms with Crippen molar-refractivity contribution in [1.82, 2.24) is 4.98 Å². The molecule has 0 amide bonds. The number of anilines is 1. The molecule has 0 aromatic carbocycles. The molecule has 1 aromatic heterocycles. The quantitative estimate of drug-likeness (QED) is 0.689. The average molecular weight is 223 g/mol. The maximum absolute atomic E-state index is 10.1. The zero-order valence-corrected chi connectivity index (χ0v) is 9.93. The Morgan fingerprint density at radius 3 is 2.62 bits per heavy atom. The number of nitrogens with zero attached hydrogens (tertiary/aromatic N) is 1. The monoisotopic (exact) mass is 223 g/mol. The third-order valence-electron chi connectivity index (χ3n) is 2.99. The van der Waals surface area contributed by atoms with Crippen molar-refractivity contribution in [2.24, 2.45) is 17.6 Å². The first-order chi connectivity index (χ1) is 7.56. The van der Waals surface area contributed by atoms with Gasteiger partial charge in [-0.3, -0.25) is 4.98 Å². The van der Waals surface area contributed by atoms with Crippen LogP contribution in [0.15, 0.2) is 18.5 Å². The van der Waals surface area contributed by atoms with Crippen LogP contribution >= 0.6 is 0 Å². The van der Waals surface area contributed by atoms with E-state index in [4.69, 9.17) is 11.5 Å². The largest absolute Gasteiger partial charge is 0.398 e. The van der Waals surface area contributed by atoms with Crippen molar-refractivity contribution in [3.63, 3.8) is 0 Å². The van der Waals surface area contributed by atoms with Crippen molar-refractivity contribution in [2.45, 2.75) is 26.4 Å². The molecule has 0 radical (unpaired) electrons. The number of nitrogens with two attached hydrogens (primary N) is 2. The van der Waals surface area contributed by atoms with Gasteiger partial charge in [0, 0.05) is 24.5 Å². The predicted octanol–water partition coefficient (Wildman–Crippen LogP) is 0.798. The first-order valence-electron chi connectivity index (χ1n) is 5.62. The van der Waals surface area contributed by atoms with E-state index in [-0.39, 0.29) is 5.92 Å². The van der Waals surface area contributed by atoms with Crippen LogP contribution in [0.4, 0.5) is 5.69 Å². The van der Waals surface area contributed by atoms with Gasteiger partial charge in [-0.25, -0.2) is 0 Å². The Balaban J connectivity index is 2.70. The summed E-state index contributed by atoms with van der Waals surface area (Å²) in [6.45, 7) is 4.61. The number of hydrogen-bond donors (Lipinski definition) is 3. The summed E-state index contributed by atoms with van der Waals surface area (Å²) in [5.74, 6) is 0.456. The fourth-order valence-corrected chi connectivity index (χ4v) is 1.86. The first kappa shape index (κ1) is 12.9. The number of aliphatic hydroxyl groups excluding tert-OH is 1. The number of aliphatic hydroxyl groups is 1. The van der Waals surface area contributed by atoms with Crippen LogP contribution in [-0.4, -0.2) is 22.7 Å². The smallest absolute Gasteiger partial charge is 0.0624 e. The number of hydrogen-bond acceptors (Lipinski definition) is 4. The van der Waals surface area contributed by atoms with Gasteiger partial charge in [-0.15, -0.1) is 0 Å². The van der Waals surface area contributed by atoms with Crippen molar-refractivity contribution in [3.05, 3.63) is 24.0 Å². The van der Waals surface area contributed by atoms with Gasteiger partial charge < -0.3 is 16.6 Å². The van der Waals surface area contributed by atoms with Gasteiger partial charge in [0.25, 0.3) is 0 Å². The summed E-state index contributed by atoms with van der Waals surface area (Å²) in [4.78, 5) is 4.01. The predicted molar refractivity (Wildman–Crippen MR) is 65.7 cm³/mol. The lowest BCUT2D eigenvalue weighted by Gasteiger charge is -2.25. The Morgan fingerprint density at radius 2 is 2.12 bits per heavy atom. The summed E-state index contributed by atoms with van der Waals surface area (Å²) in [7, 11) is 0. The Hall–Kier alpha value is -1.13. The van der Waals surface area contributed by atoms with E-state index < -0.39 is 6.10 Å². The van der Waals surface area contributed by atoms with Crippen LogP contribution < -0.4 is 11.5 Å². The molecule has 0 fully saturated rings. The number of nitrogen functional groups attached to an aromatic ring is 1. The standard InChI is InChI=1S/C12H21N3O/c1-8(2)10(6-13)12(16)5-9-7-15-4-3-11(9)14/h3-4,7-8,10,12,16H,5-6,13H2,1-2H3,(H2,14,15). The highest BCUT2D eigenvalue weighted by molar-refractivity contribution is 5.44. The van der Waals surface area contributed by atoms with Crippen molar-refractivity contribution < 1.29 is 5.11 Å². The molecule has 4 nitrogen and oxygen atoms in total. The third kappa shape index (κ3) is 3.18. The van der Waals surface area contributed by atoms with Crippen LogP contribution in [0, 0.1) is 11.8 Å². The number of pyridine rings is 1. The molecule has 1 rings (SSSR count). The van der Waals surface area contributed by atoms with Gasteiger partial charge in [0.1, 0.15) is 0 Å². The van der Waals surface area contributed by atoms with Gasteiger partial charge in [0.15, 0.2) is 0 Å². The highest BCUT2D eigenvalue weighted by Crippen LogP contribution is 2.20. The molecule has 0 aliphatic carbocycles. The minimum atomic E-state index is -0.462. The van der Waals surface area contributed by atoms with Crippen LogP contribution in [-0.2, 0) is 6.42 Å². The van der Waals surface area contributed by atoms with Gasteiger partial charge in [0.2, 0.25) is 0 Å². The molecule has 0 saturated carbocycles. The van der Waals surface area contributed by atoms with E-state index in [1.807, 2.05) is 0 Å². The lowest BCUT2D eigenvalue weighted by molar-refractivity contribution is 0.0864. The maximum atomic E-state index is 10.1. The van der Waals surface area contributed by atoms with Gasteiger partial charge in [-0.05, 0) is 30.0 Å².